The van der Waals surface area contributed by atoms with E-state index in [0.29, 0.717) is 0 Å². The van der Waals surface area contributed by atoms with E-state index in [9.17, 15) is 8.78 Å². The van der Waals surface area contributed by atoms with E-state index in [1.54, 1.807) is 0 Å². The van der Waals surface area contributed by atoms with Crippen LogP contribution in [0.25, 0.3) is 0 Å². The van der Waals surface area contributed by atoms with Crippen molar-refractivity contribution in [2.24, 2.45) is 17.2 Å². The smallest absolute Gasteiger partial charge is 0.183 e. The molecule has 15 heavy (non-hydrogen) atoms. The molecule has 0 aromatic heterocycles. The predicted molar refractivity (Wildman–Crippen MR) is 56.2 cm³/mol. The highest BCUT2D eigenvalue weighted by Gasteiger charge is 2.19. The minimum absolute atomic E-state index is 0.0339. The van der Waals surface area contributed by atoms with E-state index in [1.807, 2.05) is 0 Å². The molecule has 0 aliphatic rings. The Bertz CT molecular complexity index is 309. The topological polar surface area (TPSA) is 90.1 Å². The van der Waals surface area contributed by atoms with Crippen molar-refractivity contribution in [3.8, 4) is 0 Å². The summed E-state index contributed by atoms with van der Waals surface area (Å²) in [5, 5.41) is 2.36. The average Bonchev–Trinajstić information content (AvgIpc) is 2.10. The molecule has 4 nitrogen and oxygen atoms in total. The lowest BCUT2D eigenvalue weighted by atomic mass is 10.2. The van der Waals surface area contributed by atoms with Gasteiger partial charge in [0, 0.05) is 5.70 Å². The second-order valence-electron chi connectivity index (χ2n) is 3.33. The minimum atomic E-state index is -1.39. The van der Waals surface area contributed by atoms with Gasteiger partial charge in [-0.1, -0.05) is 6.58 Å². The van der Waals surface area contributed by atoms with Gasteiger partial charge in [-0.05, 0) is 19.9 Å². The molecule has 0 saturated carbocycles. The van der Waals surface area contributed by atoms with Crippen molar-refractivity contribution < 1.29 is 8.78 Å². The Morgan fingerprint density at radius 2 is 1.87 bits per heavy atom. The van der Waals surface area contributed by atoms with E-state index in [4.69, 9.17) is 17.2 Å². The summed E-state index contributed by atoms with van der Waals surface area (Å²) >= 11 is 0. The van der Waals surface area contributed by atoms with Crippen LogP contribution in [0.2, 0.25) is 0 Å². The molecule has 0 aliphatic carbocycles. The zero-order chi connectivity index (χ0) is 12.2. The lowest BCUT2D eigenvalue weighted by Gasteiger charge is -2.24. The van der Waals surface area contributed by atoms with Gasteiger partial charge in [-0.2, -0.15) is 0 Å². The highest BCUT2D eigenvalue weighted by molar-refractivity contribution is 5.33. The summed E-state index contributed by atoms with van der Waals surface area (Å²) in [6, 6.07) is 0. The molecular weight excluding hydrogens is 202 g/mol. The molecule has 0 atom stereocenters. The zero-order valence-electron chi connectivity index (χ0n) is 8.77. The van der Waals surface area contributed by atoms with Crippen LogP contribution in [0.1, 0.15) is 13.8 Å². The van der Waals surface area contributed by atoms with E-state index in [2.05, 4.69) is 11.9 Å². The Hall–Kier alpha value is -1.40. The summed E-state index contributed by atoms with van der Waals surface area (Å²) in [5.41, 5.74) is 15.9. The molecule has 0 aliphatic heterocycles. The molecule has 0 unspecified atom stereocenters. The van der Waals surface area contributed by atoms with Crippen LogP contribution in [0.5, 0.6) is 0 Å². The summed E-state index contributed by atoms with van der Waals surface area (Å²) in [6.07, 6.45) is 0.727. The van der Waals surface area contributed by atoms with Crippen molar-refractivity contribution in [3.05, 3.63) is 35.7 Å². The highest BCUT2D eigenvalue weighted by atomic mass is 19.2. The van der Waals surface area contributed by atoms with E-state index >= 15 is 0 Å². The van der Waals surface area contributed by atoms with Crippen molar-refractivity contribution in [1.82, 2.24) is 5.32 Å². The van der Waals surface area contributed by atoms with E-state index < -0.39 is 17.4 Å². The third kappa shape index (κ3) is 4.57. The SMILES string of the molecule is C=C/C(F)=C(F)\C(NC(C)(N)N)=C(/C)N. The number of rotatable bonds is 4. The second kappa shape index (κ2) is 4.90. The number of allylic oxidation sites excluding steroid dienone is 4. The molecule has 0 rings (SSSR count). The summed E-state index contributed by atoms with van der Waals surface area (Å²) in [5.74, 6) is -3.70. The summed E-state index contributed by atoms with van der Waals surface area (Å²) < 4.78 is 26.3. The summed E-state index contributed by atoms with van der Waals surface area (Å²) in [6.45, 7) is 5.87. The van der Waals surface area contributed by atoms with Crippen molar-refractivity contribution >= 4 is 0 Å². The number of nitrogens with one attached hydrogen (secondary N) is 1. The molecule has 6 heteroatoms. The van der Waals surface area contributed by atoms with Crippen molar-refractivity contribution in [1.29, 1.82) is 0 Å². The van der Waals surface area contributed by atoms with E-state index in [0.717, 1.165) is 6.08 Å². The van der Waals surface area contributed by atoms with Crippen molar-refractivity contribution in [3.63, 3.8) is 0 Å². The van der Waals surface area contributed by atoms with Crippen LogP contribution < -0.4 is 22.5 Å². The molecule has 0 heterocycles. The Morgan fingerprint density at radius 1 is 1.40 bits per heavy atom. The predicted octanol–water partition coefficient (Wildman–Crippen LogP) is 0.694. The molecular formula is C9H16F2N4. The van der Waals surface area contributed by atoms with E-state index in [-0.39, 0.29) is 11.4 Å². The molecule has 0 radical (unpaired) electrons. The Kier molecular flexibility index (Phi) is 4.44. The number of hydrogen-bond acceptors (Lipinski definition) is 4. The Balaban J connectivity index is 5.22. The van der Waals surface area contributed by atoms with Crippen LogP contribution in [0.4, 0.5) is 8.78 Å². The standard InChI is InChI=1S/C9H16F2N4/c1-4-6(10)7(11)8(5(2)12)15-9(3,13)14/h4,15H,1,12-14H2,2-3H3/b7-6-,8-5-. The third-order valence-electron chi connectivity index (χ3n) is 1.40. The summed E-state index contributed by atoms with van der Waals surface area (Å²) in [4.78, 5) is 0. The largest absolute Gasteiger partial charge is 0.401 e. The Labute approximate surface area is 87.5 Å². The fourth-order valence-electron chi connectivity index (χ4n) is 0.805. The van der Waals surface area contributed by atoms with Crippen molar-refractivity contribution in [2.45, 2.75) is 19.6 Å². The minimum Gasteiger partial charge on any atom is -0.401 e. The number of nitrogens with two attached hydrogens (primary N) is 3. The lowest BCUT2D eigenvalue weighted by molar-refractivity contribution is 0.406. The van der Waals surface area contributed by atoms with Gasteiger partial charge < -0.3 is 11.1 Å². The van der Waals surface area contributed by atoms with Gasteiger partial charge in [-0.3, -0.25) is 11.5 Å². The van der Waals surface area contributed by atoms with Crippen molar-refractivity contribution in [2.75, 3.05) is 0 Å². The van der Waals surface area contributed by atoms with Gasteiger partial charge in [-0.25, -0.2) is 8.78 Å². The molecule has 7 N–H and O–H groups in total. The first-order chi connectivity index (χ1) is 6.69. The van der Waals surface area contributed by atoms with Crippen LogP contribution >= 0.6 is 0 Å². The quantitative estimate of drug-likeness (QED) is 0.413. The van der Waals surface area contributed by atoms with Gasteiger partial charge in [0.1, 0.15) is 5.79 Å². The van der Waals surface area contributed by atoms with Gasteiger partial charge in [0.15, 0.2) is 11.7 Å². The van der Waals surface area contributed by atoms with Gasteiger partial charge in [0.2, 0.25) is 0 Å². The molecule has 0 spiro atoms. The molecule has 86 valence electrons. The van der Waals surface area contributed by atoms with Crippen LogP contribution in [-0.2, 0) is 0 Å². The average molecular weight is 218 g/mol. The Morgan fingerprint density at radius 3 is 2.13 bits per heavy atom. The maximum Gasteiger partial charge on any atom is 0.183 e. The first kappa shape index (κ1) is 13.6. The first-order valence-electron chi connectivity index (χ1n) is 4.19. The van der Waals surface area contributed by atoms with Gasteiger partial charge in [0.05, 0.1) is 5.70 Å². The van der Waals surface area contributed by atoms with Crippen LogP contribution in [0, 0.1) is 0 Å². The maximum absolute atomic E-state index is 13.4. The maximum atomic E-state index is 13.4. The summed E-state index contributed by atoms with van der Waals surface area (Å²) in [7, 11) is 0. The first-order valence-corrected chi connectivity index (χ1v) is 4.19. The van der Waals surface area contributed by atoms with Gasteiger partial charge in [0.25, 0.3) is 0 Å². The third-order valence-corrected chi connectivity index (χ3v) is 1.40. The highest BCUT2D eigenvalue weighted by Crippen LogP contribution is 2.18. The number of hydrogen-bond donors (Lipinski definition) is 4. The normalized spacial score (nSPS) is 15.3. The fraction of sp³-hybridized carbons (Fsp3) is 0.333. The molecule has 0 aromatic rings. The van der Waals surface area contributed by atoms with Gasteiger partial charge in [-0.15, -0.1) is 0 Å². The molecule has 0 amide bonds. The monoisotopic (exact) mass is 218 g/mol. The van der Waals surface area contributed by atoms with E-state index in [1.165, 1.54) is 13.8 Å². The van der Waals surface area contributed by atoms with Crippen LogP contribution in [-0.4, -0.2) is 5.79 Å². The van der Waals surface area contributed by atoms with Gasteiger partial charge >= 0.3 is 0 Å². The second-order valence-corrected chi connectivity index (χ2v) is 3.33. The molecule has 0 fully saturated rings. The molecule has 0 aromatic carbocycles. The molecule has 0 saturated heterocycles. The van der Waals surface area contributed by atoms with Crippen LogP contribution in [0.3, 0.4) is 0 Å². The lowest BCUT2D eigenvalue weighted by Crippen LogP contribution is -2.58. The van der Waals surface area contributed by atoms with Crippen LogP contribution in [0.15, 0.2) is 35.7 Å². The fourth-order valence-corrected chi connectivity index (χ4v) is 0.805. The molecule has 0 bridgehead atoms. The zero-order valence-corrected chi connectivity index (χ0v) is 8.77. The number of halogens is 2.